The first-order valence-electron chi connectivity index (χ1n) is 7.69. The van der Waals surface area contributed by atoms with Crippen LogP contribution in [0.4, 0.5) is 4.79 Å². The fourth-order valence-corrected chi connectivity index (χ4v) is 3.68. The van der Waals surface area contributed by atoms with E-state index in [1.807, 2.05) is 13.8 Å². The van der Waals surface area contributed by atoms with Crippen LogP contribution in [0.25, 0.3) is 0 Å². The third-order valence-corrected chi connectivity index (χ3v) is 5.08. The summed E-state index contributed by atoms with van der Waals surface area (Å²) in [5, 5.41) is 12.4. The zero-order valence-electron chi connectivity index (χ0n) is 13.1. The van der Waals surface area contributed by atoms with Gasteiger partial charge >= 0.3 is 12.0 Å². The molecule has 3 atom stereocenters. The predicted molar refractivity (Wildman–Crippen MR) is 78.0 cm³/mol. The lowest BCUT2D eigenvalue weighted by Crippen LogP contribution is -2.45. The molecule has 0 radical (unpaired) electrons. The highest BCUT2D eigenvalue weighted by Crippen LogP contribution is 2.48. The number of rotatable bonds is 5. The summed E-state index contributed by atoms with van der Waals surface area (Å²) in [5.41, 5.74) is -0.712. The number of likely N-dealkylation sites (tertiary alicyclic amines) is 1. The lowest BCUT2D eigenvalue weighted by Gasteiger charge is -2.24. The number of carbonyl (C=O) groups excluding carboxylic acids is 1. The van der Waals surface area contributed by atoms with Crippen molar-refractivity contribution in [3.8, 4) is 0 Å². The van der Waals surface area contributed by atoms with Crippen LogP contribution in [0, 0.1) is 17.3 Å². The maximum Gasteiger partial charge on any atom is 0.317 e. The smallest absolute Gasteiger partial charge is 0.317 e. The molecule has 1 aliphatic heterocycles. The minimum atomic E-state index is -0.753. The van der Waals surface area contributed by atoms with Gasteiger partial charge in [-0.25, -0.2) is 4.79 Å². The van der Waals surface area contributed by atoms with Crippen molar-refractivity contribution in [2.45, 2.75) is 39.2 Å². The molecule has 6 nitrogen and oxygen atoms in total. The second-order valence-electron chi connectivity index (χ2n) is 6.64. The van der Waals surface area contributed by atoms with E-state index in [2.05, 4.69) is 5.32 Å². The number of fused-ring (bicyclic) bond motifs is 1. The van der Waals surface area contributed by atoms with Gasteiger partial charge in [0.15, 0.2) is 0 Å². The molecule has 1 saturated heterocycles. The SMILES string of the molecule is COC(CNC(=O)N1C[C@@H]2CCC[C@@]2(C(=O)O)C1)C(C)C. The van der Waals surface area contributed by atoms with Gasteiger partial charge in [0.2, 0.25) is 0 Å². The number of amides is 2. The number of nitrogens with zero attached hydrogens (tertiary/aromatic N) is 1. The summed E-state index contributed by atoms with van der Waals surface area (Å²) in [5.74, 6) is -0.333. The van der Waals surface area contributed by atoms with Crippen LogP contribution in [0.5, 0.6) is 0 Å². The Morgan fingerprint density at radius 3 is 2.71 bits per heavy atom. The van der Waals surface area contributed by atoms with E-state index < -0.39 is 11.4 Å². The molecule has 2 N–H and O–H groups in total. The van der Waals surface area contributed by atoms with Crippen LogP contribution in [-0.2, 0) is 9.53 Å². The first-order chi connectivity index (χ1) is 9.90. The van der Waals surface area contributed by atoms with E-state index in [0.29, 0.717) is 32.0 Å². The molecule has 6 heteroatoms. The van der Waals surface area contributed by atoms with Crippen molar-refractivity contribution < 1.29 is 19.4 Å². The predicted octanol–water partition coefficient (Wildman–Crippen LogP) is 1.55. The number of methoxy groups -OCH3 is 1. The molecule has 1 heterocycles. The summed E-state index contributed by atoms with van der Waals surface area (Å²) < 4.78 is 5.33. The summed E-state index contributed by atoms with van der Waals surface area (Å²) in [7, 11) is 1.64. The van der Waals surface area contributed by atoms with Crippen molar-refractivity contribution in [3.05, 3.63) is 0 Å². The first kappa shape index (κ1) is 16.1. The lowest BCUT2D eigenvalue weighted by atomic mass is 9.81. The average molecular weight is 298 g/mol. The van der Waals surface area contributed by atoms with Crippen molar-refractivity contribution in [2.24, 2.45) is 17.3 Å². The number of carboxylic acid groups (broad SMARTS) is 1. The van der Waals surface area contributed by atoms with Crippen LogP contribution in [0.1, 0.15) is 33.1 Å². The molecule has 2 fully saturated rings. The normalized spacial score (nSPS) is 29.5. The van der Waals surface area contributed by atoms with E-state index in [4.69, 9.17) is 4.74 Å². The van der Waals surface area contributed by atoms with E-state index in [9.17, 15) is 14.7 Å². The van der Waals surface area contributed by atoms with E-state index >= 15 is 0 Å². The lowest BCUT2D eigenvalue weighted by molar-refractivity contribution is -0.149. The van der Waals surface area contributed by atoms with Crippen LogP contribution in [-0.4, -0.2) is 54.9 Å². The van der Waals surface area contributed by atoms with Gasteiger partial charge in [-0.3, -0.25) is 4.79 Å². The number of carbonyl (C=O) groups is 2. The van der Waals surface area contributed by atoms with Crippen LogP contribution in [0.15, 0.2) is 0 Å². The number of ether oxygens (including phenoxy) is 1. The Labute approximate surface area is 125 Å². The first-order valence-corrected chi connectivity index (χ1v) is 7.69. The zero-order valence-corrected chi connectivity index (χ0v) is 13.1. The Kier molecular flexibility index (Phi) is 4.76. The molecule has 2 rings (SSSR count). The fraction of sp³-hybridized carbons (Fsp3) is 0.867. The van der Waals surface area contributed by atoms with Gasteiger partial charge in [-0.05, 0) is 24.7 Å². The number of urea groups is 1. The van der Waals surface area contributed by atoms with Gasteiger partial charge in [0.25, 0.3) is 0 Å². The van der Waals surface area contributed by atoms with Gasteiger partial charge < -0.3 is 20.1 Å². The molecule has 1 aliphatic carbocycles. The Hall–Kier alpha value is -1.30. The maximum atomic E-state index is 12.3. The summed E-state index contributed by atoms with van der Waals surface area (Å²) >= 11 is 0. The molecule has 0 aromatic rings. The second-order valence-corrected chi connectivity index (χ2v) is 6.64. The Bertz CT molecular complexity index is 412. The Morgan fingerprint density at radius 1 is 1.48 bits per heavy atom. The minimum Gasteiger partial charge on any atom is -0.481 e. The van der Waals surface area contributed by atoms with Gasteiger partial charge in [0.05, 0.1) is 11.5 Å². The van der Waals surface area contributed by atoms with Crippen LogP contribution in [0.2, 0.25) is 0 Å². The minimum absolute atomic E-state index is 0.0236. The molecule has 0 spiro atoms. The van der Waals surface area contributed by atoms with Crippen molar-refractivity contribution in [1.29, 1.82) is 0 Å². The molecule has 120 valence electrons. The van der Waals surface area contributed by atoms with Crippen molar-refractivity contribution in [1.82, 2.24) is 10.2 Å². The van der Waals surface area contributed by atoms with E-state index in [1.54, 1.807) is 12.0 Å². The molecule has 2 amide bonds. The zero-order chi connectivity index (χ0) is 15.6. The molecule has 1 unspecified atom stereocenters. The van der Waals surface area contributed by atoms with Gasteiger partial charge in [-0.15, -0.1) is 0 Å². The van der Waals surface area contributed by atoms with Crippen molar-refractivity contribution >= 4 is 12.0 Å². The van der Waals surface area contributed by atoms with Crippen molar-refractivity contribution in [2.75, 3.05) is 26.7 Å². The summed E-state index contributed by atoms with van der Waals surface area (Å²) in [6.07, 6.45) is 2.52. The number of nitrogens with one attached hydrogen (secondary N) is 1. The van der Waals surface area contributed by atoms with Crippen molar-refractivity contribution in [3.63, 3.8) is 0 Å². The molecular weight excluding hydrogens is 272 g/mol. The third kappa shape index (κ3) is 3.00. The second kappa shape index (κ2) is 6.22. The van der Waals surface area contributed by atoms with Crippen LogP contribution < -0.4 is 5.32 Å². The Balaban J connectivity index is 1.92. The van der Waals surface area contributed by atoms with Gasteiger partial charge in [0.1, 0.15) is 0 Å². The van der Waals surface area contributed by atoms with Crippen LogP contribution >= 0.6 is 0 Å². The summed E-state index contributed by atoms with van der Waals surface area (Å²) in [4.78, 5) is 25.5. The molecule has 0 aromatic heterocycles. The van der Waals surface area contributed by atoms with Gasteiger partial charge in [0, 0.05) is 26.7 Å². The van der Waals surface area contributed by atoms with Gasteiger partial charge in [-0.1, -0.05) is 20.3 Å². The molecule has 21 heavy (non-hydrogen) atoms. The molecule has 0 bridgehead atoms. The highest BCUT2D eigenvalue weighted by Gasteiger charge is 2.55. The van der Waals surface area contributed by atoms with E-state index in [-0.39, 0.29) is 18.1 Å². The number of hydrogen-bond donors (Lipinski definition) is 2. The van der Waals surface area contributed by atoms with Gasteiger partial charge in [-0.2, -0.15) is 0 Å². The quantitative estimate of drug-likeness (QED) is 0.807. The summed E-state index contributed by atoms with van der Waals surface area (Å²) in [6, 6.07) is -0.173. The molecule has 2 aliphatic rings. The number of carboxylic acids is 1. The highest BCUT2D eigenvalue weighted by atomic mass is 16.5. The fourth-order valence-electron chi connectivity index (χ4n) is 3.68. The highest BCUT2D eigenvalue weighted by molar-refractivity contribution is 5.80. The maximum absolute atomic E-state index is 12.3. The largest absolute Gasteiger partial charge is 0.481 e. The van der Waals surface area contributed by atoms with E-state index in [1.165, 1.54) is 0 Å². The number of aliphatic carboxylic acids is 1. The molecule has 1 saturated carbocycles. The topological polar surface area (TPSA) is 78.9 Å². The third-order valence-electron chi connectivity index (χ3n) is 5.08. The standard InChI is InChI=1S/C15H26N2O4/c1-10(2)12(21-3)7-16-14(20)17-8-11-5-4-6-15(11,9-17)13(18)19/h10-12H,4-9H2,1-3H3,(H,16,20)(H,18,19)/t11-,12?,15+/m0/s1. The molecular formula is C15H26N2O4. The van der Waals surface area contributed by atoms with Crippen LogP contribution in [0.3, 0.4) is 0 Å². The Morgan fingerprint density at radius 2 is 2.19 bits per heavy atom. The monoisotopic (exact) mass is 298 g/mol. The number of hydrogen-bond acceptors (Lipinski definition) is 3. The molecule has 0 aromatic carbocycles. The summed E-state index contributed by atoms with van der Waals surface area (Å²) in [6.45, 7) is 5.42. The average Bonchev–Trinajstić information content (AvgIpc) is 2.96. The van der Waals surface area contributed by atoms with E-state index in [0.717, 1.165) is 12.8 Å².